The van der Waals surface area contributed by atoms with E-state index in [-0.39, 0.29) is 5.91 Å². The molecule has 1 fully saturated rings. The maximum Gasteiger partial charge on any atom is 0.226 e. The van der Waals surface area contributed by atoms with Crippen molar-refractivity contribution >= 4 is 23.2 Å². The Balaban J connectivity index is 1.68. The summed E-state index contributed by atoms with van der Waals surface area (Å²) < 4.78 is 0. The SMILES string of the molecule is O=C(CCc1ccccc1)NC(=S)NC1CCCCCC1. The highest BCUT2D eigenvalue weighted by Crippen LogP contribution is 2.17. The van der Waals surface area contributed by atoms with Crippen LogP contribution in [0, 0.1) is 0 Å². The lowest BCUT2D eigenvalue weighted by molar-refractivity contribution is -0.119. The standard InChI is InChI=1S/C17H24N2OS/c20-16(13-12-14-8-4-3-5-9-14)19-17(21)18-15-10-6-1-2-7-11-15/h3-5,8-9,15H,1-2,6-7,10-13H2,(H2,18,19,20,21). The number of aryl methyl sites for hydroxylation is 1. The molecule has 1 saturated carbocycles. The molecule has 0 aromatic heterocycles. The summed E-state index contributed by atoms with van der Waals surface area (Å²) in [4.78, 5) is 11.9. The molecule has 0 saturated heterocycles. The quantitative estimate of drug-likeness (QED) is 0.662. The van der Waals surface area contributed by atoms with Gasteiger partial charge in [-0.3, -0.25) is 4.79 Å². The minimum atomic E-state index is -0.00928. The third kappa shape index (κ3) is 6.25. The maximum absolute atomic E-state index is 11.9. The molecule has 2 rings (SSSR count). The van der Waals surface area contributed by atoms with Crippen LogP contribution in [0.5, 0.6) is 0 Å². The van der Waals surface area contributed by atoms with E-state index in [4.69, 9.17) is 12.2 Å². The Hall–Kier alpha value is -1.42. The van der Waals surface area contributed by atoms with Crippen LogP contribution in [0.1, 0.15) is 50.5 Å². The molecule has 1 aromatic rings. The lowest BCUT2D eigenvalue weighted by Crippen LogP contribution is -2.44. The Kier molecular flexibility index (Phi) is 6.67. The molecular formula is C17H24N2OS. The fraction of sp³-hybridized carbons (Fsp3) is 0.529. The summed E-state index contributed by atoms with van der Waals surface area (Å²) in [6.07, 6.45) is 8.66. The molecular weight excluding hydrogens is 280 g/mol. The molecule has 1 aliphatic carbocycles. The molecule has 1 aromatic carbocycles. The van der Waals surface area contributed by atoms with Gasteiger partial charge in [0.1, 0.15) is 0 Å². The molecule has 1 amide bonds. The number of nitrogens with one attached hydrogen (secondary N) is 2. The Morgan fingerprint density at radius 1 is 1.10 bits per heavy atom. The summed E-state index contributed by atoms with van der Waals surface area (Å²) in [7, 11) is 0. The molecule has 0 atom stereocenters. The van der Waals surface area contributed by atoms with Gasteiger partial charge in [0, 0.05) is 12.5 Å². The topological polar surface area (TPSA) is 41.1 Å². The fourth-order valence-electron chi connectivity index (χ4n) is 2.74. The van der Waals surface area contributed by atoms with Crippen molar-refractivity contribution in [1.29, 1.82) is 0 Å². The van der Waals surface area contributed by atoms with E-state index < -0.39 is 0 Å². The predicted octanol–water partition coefficient (Wildman–Crippen LogP) is 3.33. The molecule has 0 unspecified atom stereocenters. The average molecular weight is 304 g/mol. The Morgan fingerprint density at radius 2 is 1.76 bits per heavy atom. The van der Waals surface area contributed by atoms with Gasteiger partial charge in [0.15, 0.2) is 5.11 Å². The highest BCUT2D eigenvalue weighted by molar-refractivity contribution is 7.80. The number of carbonyl (C=O) groups excluding carboxylic acids is 1. The summed E-state index contributed by atoms with van der Waals surface area (Å²) in [5, 5.41) is 6.57. The van der Waals surface area contributed by atoms with Crippen LogP contribution >= 0.6 is 12.2 Å². The highest BCUT2D eigenvalue weighted by Gasteiger charge is 2.14. The Morgan fingerprint density at radius 3 is 2.43 bits per heavy atom. The zero-order valence-electron chi connectivity index (χ0n) is 12.4. The number of thiocarbonyl (C=S) groups is 1. The second-order valence-electron chi connectivity index (χ2n) is 5.70. The van der Waals surface area contributed by atoms with Gasteiger partial charge in [0.25, 0.3) is 0 Å². The minimum absolute atomic E-state index is 0.00928. The van der Waals surface area contributed by atoms with Crippen LogP contribution in [-0.2, 0) is 11.2 Å². The number of benzene rings is 1. The lowest BCUT2D eigenvalue weighted by Gasteiger charge is -2.18. The normalized spacial score (nSPS) is 16.0. The smallest absolute Gasteiger partial charge is 0.226 e. The Bertz CT molecular complexity index is 453. The summed E-state index contributed by atoms with van der Waals surface area (Å²) in [5.74, 6) is -0.00928. The molecule has 0 heterocycles. The predicted molar refractivity (Wildman–Crippen MR) is 90.1 cm³/mol. The number of amides is 1. The van der Waals surface area contributed by atoms with Gasteiger partial charge in [-0.1, -0.05) is 56.0 Å². The molecule has 0 bridgehead atoms. The summed E-state index contributed by atoms with van der Waals surface area (Å²) in [5.41, 5.74) is 1.18. The zero-order valence-corrected chi connectivity index (χ0v) is 13.3. The van der Waals surface area contributed by atoms with Crippen LogP contribution in [0.3, 0.4) is 0 Å². The van der Waals surface area contributed by atoms with Gasteiger partial charge in [0.2, 0.25) is 5.91 Å². The van der Waals surface area contributed by atoms with Gasteiger partial charge in [-0.15, -0.1) is 0 Å². The molecule has 1 aliphatic rings. The average Bonchev–Trinajstić information content (AvgIpc) is 2.75. The van der Waals surface area contributed by atoms with E-state index in [2.05, 4.69) is 10.6 Å². The molecule has 0 spiro atoms. The summed E-state index contributed by atoms with van der Waals surface area (Å²) in [6, 6.07) is 10.5. The zero-order chi connectivity index (χ0) is 14.9. The van der Waals surface area contributed by atoms with Gasteiger partial charge >= 0.3 is 0 Å². The van der Waals surface area contributed by atoms with Crippen LogP contribution in [-0.4, -0.2) is 17.1 Å². The van der Waals surface area contributed by atoms with Crippen molar-refractivity contribution in [2.75, 3.05) is 0 Å². The second kappa shape index (κ2) is 8.78. The number of hydrogen-bond acceptors (Lipinski definition) is 2. The van der Waals surface area contributed by atoms with Gasteiger partial charge in [-0.05, 0) is 37.0 Å². The van der Waals surface area contributed by atoms with Crippen LogP contribution in [0.4, 0.5) is 0 Å². The third-order valence-corrected chi connectivity index (χ3v) is 4.15. The van der Waals surface area contributed by atoms with E-state index in [1.165, 1.54) is 31.2 Å². The molecule has 114 valence electrons. The molecule has 21 heavy (non-hydrogen) atoms. The maximum atomic E-state index is 11.9. The highest BCUT2D eigenvalue weighted by atomic mass is 32.1. The van der Waals surface area contributed by atoms with Gasteiger partial charge in [-0.25, -0.2) is 0 Å². The first kappa shape index (κ1) is 16.0. The van der Waals surface area contributed by atoms with Crippen molar-refractivity contribution in [3.05, 3.63) is 35.9 Å². The first-order valence-electron chi connectivity index (χ1n) is 7.88. The number of carbonyl (C=O) groups is 1. The van der Waals surface area contributed by atoms with Crippen molar-refractivity contribution in [3.8, 4) is 0 Å². The number of hydrogen-bond donors (Lipinski definition) is 2. The molecule has 0 radical (unpaired) electrons. The van der Waals surface area contributed by atoms with Gasteiger partial charge < -0.3 is 10.6 Å². The van der Waals surface area contributed by atoms with E-state index >= 15 is 0 Å². The monoisotopic (exact) mass is 304 g/mol. The van der Waals surface area contributed by atoms with E-state index in [9.17, 15) is 4.79 Å². The van der Waals surface area contributed by atoms with Gasteiger partial charge in [0.05, 0.1) is 0 Å². The number of rotatable bonds is 4. The minimum Gasteiger partial charge on any atom is -0.360 e. The summed E-state index contributed by atoms with van der Waals surface area (Å²) in [6.45, 7) is 0. The molecule has 0 aliphatic heterocycles. The van der Waals surface area contributed by atoms with Crippen LogP contribution in [0.15, 0.2) is 30.3 Å². The van der Waals surface area contributed by atoms with E-state index in [1.54, 1.807) is 0 Å². The van der Waals surface area contributed by atoms with E-state index in [0.29, 0.717) is 17.6 Å². The first-order chi connectivity index (χ1) is 10.2. The van der Waals surface area contributed by atoms with E-state index in [0.717, 1.165) is 19.3 Å². The molecule has 2 N–H and O–H groups in total. The van der Waals surface area contributed by atoms with Crippen molar-refractivity contribution in [2.45, 2.75) is 57.4 Å². The van der Waals surface area contributed by atoms with Crippen molar-refractivity contribution in [3.63, 3.8) is 0 Å². The van der Waals surface area contributed by atoms with Gasteiger partial charge in [-0.2, -0.15) is 0 Å². The fourth-order valence-corrected chi connectivity index (χ4v) is 3.02. The Labute approximate surface area is 132 Å². The van der Waals surface area contributed by atoms with Crippen LogP contribution in [0.2, 0.25) is 0 Å². The van der Waals surface area contributed by atoms with Crippen molar-refractivity contribution in [1.82, 2.24) is 10.6 Å². The van der Waals surface area contributed by atoms with Crippen molar-refractivity contribution in [2.24, 2.45) is 0 Å². The van der Waals surface area contributed by atoms with Crippen LogP contribution < -0.4 is 10.6 Å². The second-order valence-corrected chi connectivity index (χ2v) is 6.10. The molecule has 3 nitrogen and oxygen atoms in total. The van der Waals surface area contributed by atoms with E-state index in [1.807, 2.05) is 30.3 Å². The lowest BCUT2D eigenvalue weighted by atomic mass is 10.1. The molecule has 4 heteroatoms. The largest absolute Gasteiger partial charge is 0.360 e. The van der Waals surface area contributed by atoms with Crippen molar-refractivity contribution < 1.29 is 4.79 Å². The summed E-state index contributed by atoms with van der Waals surface area (Å²) >= 11 is 5.24. The third-order valence-electron chi connectivity index (χ3n) is 3.93. The first-order valence-corrected chi connectivity index (χ1v) is 8.29. The van der Waals surface area contributed by atoms with Crippen LogP contribution in [0.25, 0.3) is 0 Å².